The average Bonchev–Trinajstić information content (AvgIpc) is 3.03. The Morgan fingerprint density at radius 3 is 2.65 bits per heavy atom. The van der Waals surface area contributed by atoms with Crippen LogP contribution in [0.4, 0.5) is 0 Å². The Bertz CT molecular complexity index is 991. The number of aryl methyl sites for hydroxylation is 2. The predicted molar refractivity (Wildman–Crippen MR) is 83.8 cm³/mol. The van der Waals surface area contributed by atoms with Crippen LogP contribution in [0.5, 0.6) is 0 Å². The van der Waals surface area contributed by atoms with E-state index in [1.807, 2.05) is 17.7 Å². The van der Waals surface area contributed by atoms with Gasteiger partial charge in [0, 0.05) is 32.5 Å². The van der Waals surface area contributed by atoms with Gasteiger partial charge in [0.15, 0.2) is 11.2 Å². The van der Waals surface area contributed by atoms with Crippen molar-refractivity contribution in [2.45, 2.75) is 13.5 Å². The van der Waals surface area contributed by atoms with Crippen LogP contribution >= 0.6 is 0 Å². The summed E-state index contributed by atoms with van der Waals surface area (Å²) >= 11 is 0. The van der Waals surface area contributed by atoms with E-state index >= 15 is 0 Å². The maximum Gasteiger partial charge on any atom is 0.332 e. The second kappa shape index (κ2) is 5.67. The van der Waals surface area contributed by atoms with Crippen LogP contribution in [-0.4, -0.2) is 48.0 Å². The minimum Gasteiger partial charge on any atom is -0.394 e. The van der Waals surface area contributed by atoms with E-state index in [4.69, 9.17) is 9.84 Å². The fourth-order valence-corrected chi connectivity index (χ4v) is 2.73. The molecule has 124 valence electrons. The molecule has 23 heavy (non-hydrogen) atoms. The van der Waals surface area contributed by atoms with Gasteiger partial charge in [-0.05, 0) is 6.92 Å². The Morgan fingerprint density at radius 1 is 1.22 bits per heavy atom. The highest BCUT2D eigenvalue weighted by atomic mass is 16.5. The molecule has 3 aromatic heterocycles. The summed E-state index contributed by atoms with van der Waals surface area (Å²) in [5, 5.41) is 8.74. The molecule has 0 spiro atoms. The Kier molecular flexibility index (Phi) is 3.82. The van der Waals surface area contributed by atoms with Crippen molar-refractivity contribution in [2.75, 3.05) is 19.8 Å². The van der Waals surface area contributed by atoms with Gasteiger partial charge in [0.05, 0.1) is 19.8 Å². The van der Waals surface area contributed by atoms with Crippen molar-refractivity contribution in [2.24, 2.45) is 14.1 Å². The standard InChI is InChI=1S/C14H19N5O4/c1-9-8-19-10-11(16(2)14(22)17(3)12(10)21)15-13(19)18(9)4-6-23-7-5-20/h8,20H,4-7H2,1-3H3. The topological polar surface area (TPSA) is 95.7 Å². The number of aliphatic hydroxyl groups is 1. The molecule has 3 heterocycles. The molecule has 0 atom stereocenters. The Morgan fingerprint density at radius 2 is 1.96 bits per heavy atom. The zero-order valence-corrected chi connectivity index (χ0v) is 13.3. The van der Waals surface area contributed by atoms with Crippen molar-refractivity contribution in [3.05, 3.63) is 32.7 Å². The molecule has 3 aromatic rings. The highest BCUT2D eigenvalue weighted by Crippen LogP contribution is 2.15. The fourth-order valence-electron chi connectivity index (χ4n) is 2.73. The van der Waals surface area contributed by atoms with E-state index in [-0.39, 0.29) is 18.8 Å². The first-order chi connectivity index (χ1) is 11.0. The normalized spacial score (nSPS) is 11.8. The molecule has 0 radical (unpaired) electrons. The number of rotatable bonds is 5. The summed E-state index contributed by atoms with van der Waals surface area (Å²) in [6.07, 6.45) is 1.82. The largest absolute Gasteiger partial charge is 0.394 e. The molecule has 0 saturated carbocycles. The SMILES string of the molecule is Cc1cn2c3c(=O)n(C)c(=O)n(C)c3nc2n1CCOCCO. The van der Waals surface area contributed by atoms with Gasteiger partial charge in [0.1, 0.15) is 0 Å². The van der Waals surface area contributed by atoms with E-state index in [0.717, 1.165) is 10.3 Å². The minimum absolute atomic E-state index is 0.0223. The van der Waals surface area contributed by atoms with E-state index in [1.54, 1.807) is 11.4 Å². The molecule has 0 aliphatic carbocycles. The summed E-state index contributed by atoms with van der Waals surface area (Å²) < 4.78 is 11.4. The third kappa shape index (κ3) is 2.28. The zero-order valence-electron chi connectivity index (χ0n) is 13.3. The smallest absolute Gasteiger partial charge is 0.332 e. The van der Waals surface area contributed by atoms with Crippen molar-refractivity contribution in [1.29, 1.82) is 0 Å². The van der Waals surface area contributed by atoms with Gasteiger partial charge in [-0.1, -0.05) is 0 Å². The summed E-state index contributed by atoms with van der Waals surface area (Å²) in [5.41, 5.74) is 0.890. The van der Waals surface area contributed by atoms with Gasteiger partial charge in [0.25, 0.3) is 5.56 Å². The minimum atomic E-state index is -0.405. The molecule has 0 saturated heterocycles. The number of aliphatic hydroxyl groups excluding tert-OH is 1. The predicted octanol–water partition coefficient (Wildman–Crippen LogP) is -0.996. The molecule has 9 heteroatoms. The van der Waals surface area contributed by atoms with Crippen LogP contribution < -0.4 is 11.2 Å². The molecule has 9 nitrogen and oxygen atoms in total. The molecule has 1 N–H and O–H groups in total. The summed E-state index contributed by atoms with van der Waals surface area (Å²) in [6.45, 7) is 3.14. The maximum atomic E-state index is 12.4. The number of imidazole rings is 2. The first kappa shape index (κ1) is 15.5. The Labute approximate surface area is 131 Å². The summed E-state index contributed by atoms with van der Waals surface area (Å²) in [4.78, 5) is 28.9. The van der Waals surface area contributed by atoms with Gasteiger partial charge in [-0.3, -0.25) is 18.3 Å². The van der Waals surface area contributed by atoms with Crippen molar-refractivity contribution in [3.8, 4) is 0 Å². The van der Waals surface area contributed by atoms with E-state index in [1.165, 1.54) is 11.6 Å². The van der Waals surface area contributed by atoms with Crippen LogP contribution in [0.3, 0.4) is 0 Å². The van der Waals surface area contributed by atoms with Crippen molar-refractivity contribution >= 4 is 16.9 Å². The zero-order chi connectivity index (χ0) is 16.7. The van der Waals surface area contributed by atoms with Crippen molar-refractivity contribution < 1.29 is 9.84 Å². The third-order valence-corrected chi connectivity index (χ3v) is 3.95. The number of ether oxygens (including phenoxy) is 1. The van der Waals surface area contributed by atoms with Crippen LogP contribution in [-0.2, 0) is 25.4 Å². The number of aromatic nitrogens is 5. The van der Waals surface area contributed by atoms with E-state index in [0.29, 0.717) is 30.1 Å². The molecule has 0 amide bonds. The third-order valence-electron chi connectivity index (χ3n) is 3.95. The number of hydrogen-bond donors (Lipinski definition) is 1. The Hall–Kier alpha value is -2.39. The number of fused-ring (bicyclic) bond motifs is 3. The van der Waals surface area contributed by atoms with E-state index in [9.17, 15) is 9.59 Å². The summed E-state index contributed by atoms with van der Waals surface area (Å²) in [5.74, 6) is 0.586. The van der Waals surface area contributed by atoms with Crippen LogP contribution in [0.2, 0.25) is 0 Å². The molecule has 0 unspecified atom stereocenters. The highest BCUT2D eigenvalue weighted by Gasteiger charge is 2.18. The average molecular weight is 321 g/mol. The Balaban J connectivity index is 2.20. The van der Waals surface area contributed by atoms with Gasteiger partial charge < -0.3 is 14.4 Å². The van der Waals surface area contributed by atoms with E-state index < -0.39 is 5.69 Å². The molecule has 0 fully saturated rings. The first-order valence-electron chi connectivity index (χ1n) is 7.30. The molecular formula is C14H19N5O4. The second-order valence-corrected chi connectivity index (χ2v) is 5.42. The molecular weight excluding hydrogens is 302 g/mol. The number of hydrogen-bond acceptors (Lipinski definition) is 5. The maximum absolute atomic E-state index is 12.4. The van der Waals surface area contributed by atoms with Crippen molar-refractivity contribution in [1.82, 2.24) is 23.1 Å². The number of nitrogens with zero attached hydrogens (tertiary/aromatic N) is 5. The van der Waals surface area contributed by atoms with Gasteiger partial charge >= 0.3 is 5.69 Å². The molecule has 3 rings (SSSR count). The van der Waals surface area contributed by atoms with Crippen molar-refractivity contribution in [3.63, 3.8) is 0 Å². The monoisotopic (exact) mass is 321 g/mol. The van der Waals surface area contributed by atoms with Crippen LogP contribution in [0.1, 0.15) is 5.69 Å². The van der Waals surface area contributed by atoms with Crippen LogP contribution in [0, 0.1) is 6.92 Å². The van der Waals surface area contributed by atoms with Crippen LogP contribution in [0.15, 0.2) is 15.8 Å². The first-order valence-corrected chi connectivity index (χ1v) is 7.30. The van der Waals surface area contributed by atoms with Gasteiger partial charge in [-0.25, -0.2) is 4.79 Å². The quantitative estimate of drug-likeness (QED) is 0.608. The molecule has 0 aliphatic rings. The van der Waals surface area contributed by atoms with Gasteiger partial charge in [0.2, 0.25) is 5.78 Å². The molecule has 0 bridgehead atoms. The lowest BCUT2D eigenvalue weighted by molar-refractivity contribution is 0.0872. The molecule has 0 aromatic carbocycles. The van der Waals surface area contributed by atoms with Gasteiger partial charge in [-0.2, -0.15) is 4.98 Å². The second-order valence-electron chi connectivity index (χ2n) is 5.42. The summed E-state index contributed by atoms with van der Waals surface area (Å²) in [6, 6.07) is 0. The lowest BCUT2D eigenvalue weighted by atomic mass is 10.5. The van der Waals surface area contributed by atoms with Crippen LogP contribution in [0.25, 0.3) is 16.9 Å². The lowest BCUT2D eigenvalue weighted by Crippen LogP contribution is -2.37. The lowest BCUT2D eigenvalue weighted by Gasteiger charge is -2.06. The van der Waals surface area contributed by atoms with Gasteiger partial charge in [-0.15, -0.1) is 0 Å². The summed E-state index contributed by atoms with van der Waals surface area (Å²) in [7, 11) is 3.05. The highest BCUT2D eigenvalue weighted by molar-refractivity contribution is 5.75. The molecule has 0 aliphatic heterocycles. The fraction of sp³-hybridized carbons (Fsp3) is 0.500. The van der Waals surface area contributed by atoms with E-state index in [2.05, 4.69) is 4.98 Å².